The smallest absolute Gasteiger partial charge is 0.0106 e. The maximum absolute atomic E-state index is 2.18. The Kier molecular flexibility index (Phi) is 3.21. The van der Waals surface area contributed by atoms with Crippen molar-refractivity contribution < 1.29 is 0 Å². The first-order valence-corrected chi connectivity index (χ1v) is 5.64. The van der Waals surface area contributed by atoms with E-state index in [1.54, 1.807) is 0 Å². The van der Waals surface area contributed by atoms with Crippen LogP contribution in [0.4, 0.5) is 0 Å². The van der Waals surface area contributed by atoms with Crippen molar-refractivity contribution in [3.05, 3.63) is 66.3 Å². The zero-order valence-electron chi connectivity index (χ0n) is 9.77. The Labute approximate surface area is 96.9 Å². The average Bonchev–Trinajstić information content (AvgIpc) is 2.35. The van der Waals surface area contributed by atoms with E-state index in [9.17, 15) is 0 Å². The SMILES string of the molecule is CC=C(/C=C\C)c1cccc2ccccc12. The topological polar surface area (TPSA) is 0 Å². The first-order chi connectivity index (χ1) is 7.86. The molecule has 2 aromatic rings. The molecule has 0 N–H and O–H groups in total. The Bertz CT molecular complexity index is 539. The van der Waals surface area contributed by atoms with E-state index in [4.69, 9.17) is 0 Å². The maximum atomic E-state index is 2.18. The molecule has 0 bridgehead atoms. The lowest BCUT2D eigenvalue weighted by Crippen LogP contribution is -1.83. The van der Waals surface area contributed by atoms with Crippen molar-refractivity contribution in [2.45, 2.75) is 13.8 Å². The summed E-state index contributed by atoms with van der Waals surface area (Å²) >= 11 is 0. The highest BCUT2D eigenvalue weighted by Crippen LogP contribution is 2.25. The van der Waals surface area contributed by atoms with Gasteiger partial charge in [0.15, 0.2) is 0 Å². The van der Waals surface area contributed by atoms with Crippen LogP contribution in [0.15, 0.2) is 60.7 Å². The second-order valence-corrected chi connectivity index (χ2v) is 3.77. The summed E-state index contributed by atoms with van der Waals surface area (Å²) in [5, 5.41) is 2.61. The van der Waals surface area contributed by atoms with E-state index < -0.39 is 0 Å². The van der Waals surface area contributed by atoms with Crippen molar-refractivity contribution in [1.29, 1.82) is 0 Å². The van der Waals surface area contributed by atoms with E-state index in [0.29, 0.717) is 0 Å². The zero-order valence-corrected chi connectivity index (χ0v) is 9.77. The summed E-state index contributed by atoms with van der Waals surface area (Å²) < 4.78 is 0. The predicted octanol–water partition coefficient (Wildman–Crippen LogP) is 4.82. The van der Waals surface area contributed by atoms with Gasteiger partial charge in [0.2, 0.25) is 0 Å². The Balaban J connectivity index is 2.69. The predicted molar refractivity (Wildman–Crippen MR) is 72.4 cm³/mol. The summed E-state index contributed by atoms with van der Waals surface area (Å²) in [6, 6.07) is 15.0. The van der Waals surface area contributed by atoms with Gasteiger partial charge >= 0.3 is 0 Å². The second-order valence-electron chi connectivity index (χ2n) is 3.77. The molecule has 0 aliphatic heterocycles. The first kappa shape index (κ1) is 10.7. The van der Waals surface area contributed by atoms with Gasteiger partial charge in [-0.25, -0.2) is 0 Å². The molecule has 0 heterocycles. The first-order valence-electron chi connectivity index (χ1n) is 5.64. The molecule has 0 saturated carbocycles. The van der Waals surface area contributed by atoms with E-state index in [0.717, 1.165) is 0 Å². The molecule has 0 radical (unpaired) electrons. The molecule has 80 valence electrons. The number of fused-ring (bicyclic) bond motifs is 1. The Morgan fingerprint density at radius 3 is 2.44 bits per heavy atom. The van der Waals surface area contributed by atoms with Crippen molar-refractivity contribution in [2.24, 2.45) is 0 Å². The van der Waals surface area contributed by atoms with Gasteiger partial charge in [0.05, 0.1) is 0 Å². The maximum Gasteiger partial charge on any atom is -0.0106 e. The quantitative estimate of drug-likeness (QED) is 0.621. The van der Waals surface area contributed by atoms with Gasteiger partial charge in [0.25, 0.3) is 0 Å². The Hall–Kier alpha value is -1.82. The summed E-state index contributed by atoms with van der Waals surface area (Å²) in [5.41, 5.74) is 2.58. The number of allylic oxidation sites excluding steroid dienone is 4. The standard InChI is InChI=1S/C16H16/c1-3-8-13(4-2)15-12-7-10-14-9-5-6-11-16(14)15/h3-12H,1-2H3/b8-3-,13-4?. The fourth-order valence-corrected chi connectivity index (χ4v) is 2.00. The molecule has 0 unspecified atom stereocenters. The van der Waals surface area contributed by atoms with E-state index in [1.807, 2.05) is 0 Å². The molecule has 2 aromatic carbocycles. The van der Waals surface area contributed by atoms with Crippen LogP contribution in [0, 0.1) is 0 Å². The molecule has 2 rings (SSSR count). The van der Waals surface area contributed by atoms with Gasteiger partial charge in [-0.2, -0.15) is 0 Å². The minimum Gasteiger partial charge on any atom is -0.0871 e. The lowest BCUT2D eigenvalue weighted by molar-refractivity contribution is 1.62. The van der Waals surface area contributed by atoms with E-state index in [1.165, 1.54) is 21.9 Å². The van der Waals surface area contributed by atoms with Crippen molar-refractivity contribution >= 4 is 16.3 Å². The van der Waals surface area contributed by atoms with Crippen LogP contribution in [0.3, 0.4) is 0 Å². The third-order valence-corrected chi connectivity index (χ3v) is 2.76. The van der Waals surface area contributed by atoms with Gasteiger partial charge in [-0.3, -0.25) is 0 Å². The molecular weight excluding hydrogens is 192 g/mol. The number of hydrogen-bond acceptors (Lipinski definition) is 0. The molecule has 0 spiro atoms. The number of benzene rings is 2. The minimum atomic E-state index is 1.28. The summed E-state index contributed by atoms with van der Waals surface area (Å²) in [6.07, 6.45) is 6.39. The van der Waals surface area contributed by atoms with Gasteiger partial charge in [0, 0.05) is 0 Å². The van der Waals surface area contributed by atoms with Crippen molar-refractivity contribution in [2.75, 3.05) is 0 Å². The molecule has 0 aliphatic carbocycles. The van der Waals surface area contributed by atoms with Gasteiger partial charge in [-0.15, -0.1) is 0 Å². The van der Waals surface area contributed by atoms with Crippen LogP contribution in [-0.4, -0.2) is 0 Å². The lowest BCUT2D eigenvalue weighted by atomic mass is 9.98. The largest absolute Gasteiger partial charge is 0.0871 e. The summed E-state index contributed by atoms with van der Waals surface area (Å²) in [7, 11) is 0. The summed E-state index contributed by atoms with van der Waals surface area (Å²) in [5.74, 6) is 0. The highest BCUT2D eigenvalue weighted by atomic mass is 14.1. The van der Waals surface area contributed by atoms with Crippen LogP contribution in [0.2, 0.25) is 0 Å². The highest BCUT2D eigenvalue weighted by molar-refractivity contribution is 5.95. The van der Waals surface area contributed by atoms with Crippen LogP contribution in [-0.2, 0) is 0 Å². The summed E-state index contributed by atoms with van der Waals surface area (Å²) in [6.45, 7) is 4.13. The van der Waals surface area contributed by atoms with Crippen molar-refractivity contribution in [3.63, 3.8) is 0 Å². The van der Waals surface area contributed by atoms with E-state index >= 15 is 0 Å². The fraction of sp³-hybridized carbons (Fsp3) is 0.125. The van der Waals surface area contributed by atoms with E-state index in [-0.39, 0.29) is 0 Å². The molecule has 0 heteroatoms. The van der Waals surface area contributed by atoms with Gasteiger partial charge in [-0.1, -0.05) is 60.7 Å². The van der Waals surface area contributed by atoms with Crippen molar-refractivity contribution in [3.8, 4) is 0 Å². The van der Waals surface area contributed by atoms with Crippen LogP contribution in [0.1, 0.15) is 19.4 Å². The van der Waals surface area contributed by atoms with Crippen molar-refractivity contribution in [1.82, 2.24) is 0 Å². The van der Waals surface area contributed by atoms with E-state index in [2.05, 4.69) is 74.5 Å². The van der Waals surface area contributed by atoms with Crippen LogP contribution in [0.5, 0.6) is 0 Å². The molecular formula is C16H16. The molecule has 0 nitrogen and oxygen atoms in total. The fourth-order valence-electron chi connectivity index (χ4n) is 2.00. The molecule has 0 fully saturated rings. The summed E-state index contributed by atoms with van der Waals surface area (Å²) in [4.78, 5) is 0. The molecule has 0 aliphatic rings. The molecule has 0 amide bonds. The third-order valence-electron chi connectivity index (χ3n) is 2.76. The Morgan fingerprint density at radius 1 is 0.938 bits per heavy atom. The van der Waals surface area contributed by atoms with Gasteiger partial charge in [0.1, 0.15) is 0 Å². The third kappa shape index (κ3) is 1.92. The molecule has 0 aromatic heterocycles. The van der Waals surface area contributed by atoms with Gasteiger partial charge in [-0.05, 0) is 35.8 Å². The lowest BCUT2D eigenvalue weighted by Gasteiger charge is -2.07. The van der Waals surface area contributed by atoms with Crippen LogP contribution < -0.4 is 0 Å². The van der Waals surface area contributed by atoms with Crippen LogP contribution >= 0.6 is 0 Å². The zero-order chi connectivity index (χ0) is 11.4. The highest BCUT2D eigenvalue weighted by Gasteiger charge is 2.01. The van der Waals surface area contributed by atoms with Crippen LogP contribution in [0.25, 0.3) is 16.3 Å². The number of hydrogen-bond donors (Lipinski definition) is 0. The van der Waals surface area contributed by atoms with Gasteiger partial charge < -0.3 is 0 Å². The molecule has 0 atom stereocenters. The Morgan fingerprint density at radius 2 is 1.69 bits per heavy atom. The normalized spacial score (nSPS) is 12.5. The molecule has 16 heavy (non-hydrogen) atoms. The molecule has 0 saturated heterocycles. The number of rotatable bonds is 2. The average molecular weight is 208 g/mol. The minimum absolute atomic E-state index is 1.28. The second kappa shape index (κ2) is 4.80. The monoisotopic (exact) mass is 208 g/mol.